The molecule has 4 aliphatic rings. The zero-order valence-corrected chi connectivity index (χ0v) is 13.2. The summed E-state index contributed by atoms with van der Waals surface area (Å²) in [5, 5.41) is 0. The molecule has 0 amide bonds. The minimum absolute atomic E-state index is 0.376. The van der Waals surface area contributed by atoms with Gasteiger partial charge in [0.05, 0.1) is 6.10 Å². The molecule has 2 saturated carbocycles. The van der Waals surface area contributed by atoms with Crippen LogP contribution < -0.4 is 0 Å². The quantitative estimate of drug-likeness (QED) is 0.540. The molecule has 0 aromatic carbocycles. The molecule has 5 unspecified atom stereocenters. The number of hydrogen-bond acceptors (Lipinski definition) is 2. The van der Waals surface area contributed by atoms with Gasteiger partial charge < -0.3 is 8.85 Å². The first-order valence-corrected chi connectivity index (χ1v) is 10.3. The van der Waals surface area contributed by atoms with Crippen LogP contribution in [0.5, 0.6) is 0 Å². The van der Waals surface area contributed by atoms with Crippen molar-refractivity contribution in [3.05, 3.63) is 12.2 Å². The predicted octanol–water partition coefficient (Wildman–Crippen LogP) is 3.41. The average Bonchev–Trinajstić information content (AvgIpc) is 3.05. The molecule has 2 nitrogen and oxygen atoms in total. The van der Waals surface area contributed by atoms with Crippen LogP contribution >= 0.6 is 0 Å². The van der Waals surface area contributed by atoms with Crippen molar-refractivity contribution in [2.24, 2.45) is 23.2 Å². The van der Waals surface area contributed by atoms with Gasteiger partial charge in [-0.1, -0.05) is 31.4 Å². The third-order valence-corrected chi connectivity index (χ3v) is 7.43. The fourth-order valence-electron chi connectivity index (χ4n) is 5.17. The Hall–Kier alpha value is -0.123. The Labute approximate surface area is 118 Å². The van der Waals surface area contributed by atoms with Gasteiger partial charge in [-0.05, 0) is 50.0 Å². The van der Waals surface area contributed by atoms with E-state index < -0.39 is 9.28 Å². The summed E-state index contributed by atoms with van der Waals surface area (Å²) in [5.41, 5.74) is 0.376. The molecule has 1 saturated heterocycles. The van der Waals surface area contributed by atoms with Crippen molar-refractivity contribution in [3.63, 3.8) is 0 Å². The topological polar surface area (TPSA) is 18.5 Å². The van der Waals surface area contributed by atoms with Gasteiger partial charge >= 0.3 is 9.28 Å². The average molecular weight is 278 g/mol. The normalized spacial score (nSPS) is 47.9. The van der Waals surface area contributed by atoms with Crippen LogP contribution in [-0.4, -0.2) is 22.0 Å². The minimum Gasteiger partial charge on any atom is -0.396 e. The number of rotatable bonds is 1. The highest BCUT2D eigenvalue weighted by Gasteiger charge is 2.52. The van der Waals surface area contributed by atoms with Crippen molar-refractivity contribution in [3.8, 4) is 0 Å². The summed E-state index contributed by atoms with van der Waals surface area (Å²) >= 11 is 0. The maximum atomic E-state index is 6.50. The van der Waals surface area contributed by atoms with Gasteiger partial charge in [-0.15, -0.1) is 0 Å². The number of hydrogen-bond donors (Lipinski definition) is 0. The number of fused-ring (bicyclic) bond motifs is 2. The van der Waals surface area contributed by atoms with Gasteiger partial charge in [-0.3, -0.25) is 0 Å². The molecular formula is C16H26O2Si. The molecule has 106 valence electrons. The molecule has 1 spiro atoms. The maximum Gasteiger partial charge on any atom is 0.318 e. The molecule has 0 aromatic heterocycles. The second kappa shape index (κ2) is 4.71. The van der Waals surface area contributed by atoms with E-state index in [1.165, 1.54) is 44.9 Å². The van der Waals surface area contributed by atoms with Crippen molar-refractivity contribution in [1.29, 1.82) is 0 Å². The Balaban J connectivity index is 1.60. The van der Waals surface area contributed by atoms with E-state index in [-0.39, 0.29) is 0 Å². The molecule has 3 aliphatic carbocycles. The lowest BCUT2D eigenvalue weighted by atomic mass is 9.65. The summed E-state index contributed by atoms with van der Waals surface area (Å²) in [6.07, 6.45) is 15.1. The molecule has 1 heterocycles. The van der Waals surface area contributed by atoms with E-state index in [2.05, 4.69) is 18.7 Å². The second-order valence-electron chi connectivity index (χ2n) is 7.30. The molecule has 19 heavy (non-hydrogen) atoms. The van der Waals surface area contributed by atoms with Crippen LogP contribution in [0.3, 0.4) is 0 Å². The molecular weight excluding hydrogens is 252 g/mol. The fourth-order valence-corrected chi connectivity index (χ4v) is 6.72. The standard InChI is InChI=1S/C16H26O2Si/c1-19-17-11-16(7-3-2-4-8-16)15(18-19)14-10-12-5-6-13(14)9-12/h5-6,12-15,19H,2-4,7-11H2,1H3. The minimum atomic E-state index is -1.35. The van der Waals surface area contributed by atoms with Gasteiger partial charge in [-0.2, -0.15) is 0 Å². The highest BCUT2D eigenvalue weighted by atomic mass is 28.3. The van der Waals surface area contributed by atoms with E-state index in [1.54, 1.807) is 0 Å². The Bertz CT molecular complexity index is 375. The van der Waals surface area contributed by atoms with Crippen LogP contribution in [0, 0.1) is 23.2 Å². The van der Waals surface area contributed by atoms with Crippen molar-refractivity contribution in [2.45, 2.75) is 57.6 Å². The molecule has 2 bridgehead atoms. The SMILES string of the molecule is C[SiH]1OCC2(CCCCC2)C(C2CC3C=CC2C3)O1. The van der Waals surface area contributed by atoms with Crippen molar-refractivity contribution < 1.29 is 8.85 Å². The number of allylic oxidation sites excluding steroid dienone is 2. The van der Waals surface area contributed by atoms with Crippen LogP contribution in [0.2, 0.25) is 6.55 Å². The Morgan fingerprint density at radius 3 is 2.63 bits per heavy atom. The molecule has 1 aliphatic heterocycles. The van der Waals surface area contributed by atoms with Crippen LogP contribution in [-0.2, 0) is 8.85 Å². The third kappa shape index (κ3) is 2.05. The lowest BCUT2D eigenvalue weighted by Crippen LogP contribution is -2.54. The van der Waals surface area contributed by atoms with Gasteiger partial charge in [0, 0.05) is 12.0 Å². The summed E-state index contributed by atoms with van der Waals surface area (Å²) in [5.74, 6) is 2.47. The Kier molecular flexibility index (Phi) is 3.13. The first-order valence-electron chi connectivity index (χ1n) is 8.22. The molecule has 3 fully saturated rings. The van der Waals surface area contributed by atoms with Crippen LogP contribution in [0.4, 0.5) is 0 Å². The van der Waals surface area contributed by atoms with Gasteiger partial charge in [0.25, 0.3) is 0 Å². The second-order valence-corrected chi connectivity index (χ2v) is 9.04. The van der Waals surface area contributed by atoms with Crippen molar-refractivity contribution in [2.75, 3.05) is 6.61 Å². The molecule has 0 radical (unpaired) electrons. The summed E-state index contributed by atoms with van der Waals surface area (Å²) in [6, 6.07) is 0. The van der Waals surface area contributed by atoms with E-state index >= 15 is 0 Å². The third-order valence-electron chi connectivity index (χ3n) is 6.12. The molecule has 4 rings (SSSR count). The van der Waals surface area contributed by atoms with Gasteiger partial charge in [-0.25, -0.2) is 0 Å². The maximum absolute atomic E-state index is 6.50. The van der Waals surface area contributed by atoms with Gasteiger partial charge in [0.1, 0.15) is 0 Å². The lowest BCUT2D eigenvalue weighted by molar-refractivity contribution is -0.107. The van der Waals surface area contributed by atoms with E-state index in [0.29, 0.717) is 11.5 Å². The Morgan fingerprint density at radius 1 is 1.11 bits per heavy atom. The smallest absolute Gasteiger partial charge is 0.318 e. The molecule has 5 atom stereocenters. The molecule has 0 N–H and O–H groups in total. The highest BCUT2D eigenvalue weighted by molar-refractivity contribution is 6.42. The zero-order valence-electron chi connectivity index (χ0n) is 12.0. The monoisotopic (exact) mass is 278 g/mol. The predicted molar refractivity (Wildman–Crippen MR) is 78.2 cm³/mol. The largest absolute Gasteiger partial charge is 0.396 e. The first kappa shape index (κ1) is 12.6. The summed E-state index contributed by atoms with van der Waals surface area (Å²) in [7, 11) is -1.35. The summed E-state index contributed by atoms with van der Waals surface area (Å²) < 4.78 is 12.5. The van der Waals surface area contributed by atoms with Crippen molar-refractivity contribution in [1.82, 2.24) is 0 Å². The van der Waals surface area contributed by atoms with Crippen molar-refractivity contribution >= 4 is 9.28 Å². The van der Waals surface area contributed by atoms with E-state index in [4.69, 9.17) is 8.85 Å². The van der Waals surface area contributed by atoms with E-state index in [1.807, 2.05) is 0 Å². The highest BCUT2D eigenvalue weighted by Crippen LogP contribution is 2.54. The zero-order chi connectivity index (χ0) is 12.9. The van der Waals surface area contributed by atoms with Crippen LogP contribution in [0.1, 0.15) is 44.9 Å². The Morgan fingerprint density at radius 2 is 1.95 bits per heavy atom. The van der Waals surface area contributed by atoms with E-state index in [0.717, 1.165) is 24.4 Å². The lowest BCUT2D eigenvalue weighted by Gasteiger charge is -2.51. The van der Waals surface area contributed by atoms with Crippen LogP contribution in [0.15, 0.2) is 12.2 Å². The van der Waals surface area contributed by atoms with E-state index in [9.17, 15) is 0 Å². The first-order chi connectivity index (χ1) is 9.27. The van der Waals surface area contributed by atoms with Gasteiger partial charge in [0.2, 0.25) is 0 Å². The molecule has 0 aromatic rings. The van der Waals surface area contributed by atoms with Gasteiger partial charge in [0.15, 0.2) is 0 Å². The summed E-state index contributed by atoms with van der Waals surface area (Å²) in [6.45, 7) is 3.22. The van der Waals surface area contributed by atoms with Crippen LogP contribution in [0.25, 0.3) is 0 Å². The molecule has 3 heteroatoms. The fraction of sp³-hybridized carbons (Fsp3) is 0.875. The summed E-state index contributed by atoms with van der Waals surface area (Å²) in [4.78, 5) is 0.